The highest BCUT2D eigenvalue weighted by Gasteiger charge is 2.10. The number of hydrogen-bond acceptors (Lipinski definition) is 3. The number of nitrogens with zero attached hydrogens (tertiary/aromatic N) is 1. The number of hydrogen-bond donors (Lipinski definition) is 2. The van der Waals surface area contributed by atoms with E-state index in [1.54, 1.807) is 13.0 Å². The van der Waals surface area contributed by atoms with Crippen molar-refractivity contribution in [2.45, 2.75) is 20.8 Å². The van der Waals surface area contributed by atoms with E-state index in [0.717, 1.165) is 11.3 Å². The highest BCUT2D eigenvalue weighted by atomic mass is 16.3. The van der Waals surface area contributed by atoms with Gasteiger partial charge in [-0.2, -0.15) is 0 Å². The minimum Gasteiger partial charge on any atom is -0.507 e. The lowest BCUT2D eigenvalue weighted by atomic mass is 10.1. The Morgan fingerprint density at radius 1 is 1.24 bits per heavy atom. The molecule has 0 aliphatic rings. The molecule has 0 aliphatic carbocycles. The molecule has 0 saturated heterocycles. The average Bonchev–Trinajstić information content (AvgIpc) is 2.25. The Morgan fingerprint density at radius 2 is 1.76 bits per heavy atom. The summed E-state index contributed by atoms with van der Waals surface area (Å²) in [7, 11) is 0. The zero-order valence-electron chi connectivity index (χ0n) is 10.4. The van der Waals surface area contributed by atoms with E-state index in [1.807, 2.05) is 19.9 Å². The minimum absolute atomic E-state index is 0.0171. The van der Waals surface area contributed by atoms with Crippen LogP contribution in [0.15, 0.2) is 47.1 Å². The van der Waals surface area contributed by atoms with E-state index < -0.39 is 0 Å². The van der Waals surface area contributed by atoms with Crippen LogP contribution in [0.2, 0.25) is 0 Å². The molecule has 0 radical (unpaired) electrons. The average molecular weight is 231 g/mol. The predicted molar refractivity (Wildman–Crippen MR) is 70.6 cm³/mol. The second-order valence-corrected chi connectivity index (χ2v) is 3.82. The number of rotatable bonds is 3. The van der Waals surface area contributed by atoms with Crippen LogP contribution in [-0.2, 0) is 0 Å². The fraction of sp³-hybridized carbons (Fsp3) is 0.214. The standard InChI is InChI=1S/C14H17NO2/c1-5-11(9(2)3)15-10(4)14-12(16)7-6-8-13(14)17/h5-8,16-17H,2H2,1,3-4H3/b11-5+,15-10?. The van der Waals surface area contributed by atoms with Crippen LogP contribution in [0.5, 0.6) is 11.5 Å². The Bertz CT molecular complexity index is 479. The molecule has 17 heavy (non-hydrogen) atoms. The van der Waals surface area contributed by atoms with Gasteiger partial charge in [-0.25, -0.2) is 0 Å². The van der Waals surface area contributed by atoms with Gasteiger partial charge in [-0.05, 0) is 38.5 Å². The highest BCUT2D eigenvalue weighted by Crippen LogP contribution is 2.27. The highest BCUT2D eigenvalue weighted by molar-refractivity contribution is 6.04. The summed E-state index contributed by atoms with van der Waals surface area (Å²) in [4.78, 5) is 4.34. The number of aliphatic imine (C=N–C) groups is 1. The minimum atomic E-state index is 0.0171. The van der Waals surface area contributed by atoms with Crippen LogP contribution in [0, 0.1) is 0 Å². The molecule has 90 valence electrons. The lowest BCUT2D eigenvalue weighted by Gasteiger charge is -2.08. The summed E-state index contributed by atoms with van der Waals surface area (Å²) in [6.07, 6.45) is 1.84. The Morgan fingerprint density at radius 3 is 2.18 bits per heavy atom. The van der Waals surface area contributed by atoms with Crippen LogP contribution >= 0.6 is 0 Å². The van der Waals surface area contributed by atoms with Gasteiger partial charge in [0.15, 0.2) is 0 Å². The first-order valence-electron chi connectivity index (χ1n) is 5.36. The first-order valence-corrected chi connectivity index (χ1v) is 5.36. The molecule has 0 aromatic heterocycles. The van der Waals surface area contributed by atoms with Crippen LogP contribution in [0.25, 0.3) is 0 Å². The van der Waals surface area contributed by atoms with Gasteiger partial charge in [0.25, 0.3) is 0 Å². The Balaban J connectivity index is 3.25. The molecule has 0 saturated carbocycles. The summed E-state index contributed by atoms with van der Waals surface area (Å²) in [5, 5.41) is 19.4. The fourth-order valence-corrected chi connectivity index (χ4v) is 1.54. The molecular weight excluding hydrogens is 214 g/mol. The van der Waals surface area contributed by atoms with Crippen molar-refractivity contribution in [3.8, 4) is 11.5 Å². The van der Waals surface area contributed by atoms with Crippen molar-refractivity contribution < 1.29 is 10.2 Å². The number of allylic oxidation sites excluding steroid dienone is 2. The van der Waals surface area contributed by atoms with Crippen LogP contribution < -0.4 is 0 Å². The molecule has 0 atom stereocenters. The molecule has 0 aliphatic heterocycles. The Hall–Kier alpha value is -2.03. The molecule has 0 spiro atoms. The molecule has 0 heterocycles. The number of benzene rings is 1. The van der Waals surface area contributed by atoms with Gasteiger partial charge in [0, 0.05) is 0 Å². The molecule has 0 unspecified atom stereocenters. The molecule has 1 aromatic carbocycles. The summed E-state index contributed by atoms with van der Waals surface area (Å²) < 4.78 is 0. The van der Waals surface area contributed by atoms with E-state index in [-0.39, 0.29) is 11.5 Å². The summed E-state index contributed by atoms with van der Waals surface area (Å²) in [5.74, 6) is 0.0341. The van der Waals surface area contributed by atoms with Gasteiger partial charge in [0.2, 0.25) is 0 Å². The van der Waals surface area contributed by atoms with E-state index in [9.17, 15) is 10.2 Å². The van der Waals surface area contributed by atoms with E-state index in [1.165, 1.54) is 12.1 Å². The second-order valence-electron chi connectivity index (χ2n) is 3.82. The zero-order valence-corrected chi connectivity index (χ0v) is 10.4. The third kappa shape index (κ3) is 2.97. The normalized spacial score (nSPS) is 12.6. The van der Waals surface area contributed by atoms with Gasteiger partial charge in [-0.1, -0.05) is 18.7 Å². The number of phenolic OH excluding ortho intramolecular Hbond substituents is 2. The third-order valence-corrected chi connectivity index (χ3v) is 2.38. The third-order valence-electron chi connectivity index (χ3n) is 2.38. The van der Waals surface area contributed by atoms with Crippen molar-refractivity contribution in [3.05, 3.63) is 47.7 Å². The monoisotopic (exact) mass is 231 g/mol. The molecule has 0 bridgehead atoms. The fourth-order valence-electron chi connectivity index (χ4n) is 1.54. The summed E-state index contributed by atoms with van der Waals surface area (Å²) in [6, 6.07) is 4.62. The van der Waals surface area contributed by atoms with Gasteiger partial charge in [-0.3, -0.25) is 4.99 Å². The Labute approximate surface area is 101 Å². The topological polar surface area (TPSA) is 52.8 Å². The molecule has 2 N–H and O–H groups in total. The maximum absolute atomic E-state index is 9.70. The molecule has 0 fully saturated rings. The van der Waals surface area contributed by atoms with Gasteiger partial charge in [0.05, 0.1) is 17.0 Å². The van der Waals surface area contributed by atoms with Crippen LogP contribution in [-0.4, -0.2) is 15.9 Å². The van der Waals surface area contributed by atoms with Crippen LogP contribution in [0.1, 0.15) is 26.3 Å². The van der Waals surface area contributed by atoms with Crippen molar-refractivity contribution in [3.63, 3.8) is 0 Å². The molecule has 1 aromatic rings. The van der Waals surface area contributed by atoms with Crippen LogP contribution in [0.4, 0.5) is 0 Å². The summed E-state index contributed by atoms with van der Waals surface area (Å²) in [6.45, 7) is 9.28. The molecule has 0 amide bonds. The largest absolute Gasteiger partial charge is 0.507 e. The van der Waals surface area contributed by atoms with Crippen molar-refractivity contribution in [2.24, 2.45) is 4.99 Å². The quantitative estimate of drug-likeness (QED) is 0.619. The molecule has 3 nitrogen and oxygen atoms in total. The second kappa shape index (κ2) is 5.34. The van der Waals surface area contributed by atoms with Crippen molar-refractivity contribution in [1.82, 2.24) is 0 Å². The zero-order chi connectivity index (χ0) is 13.0. The maximum Gasteiger partial charge on any atom is 0.128 e. The first kappa shape index (κ1) is 13.0. The summed E-state index contributed by atoms with van der Waals surface area (Å²) >= 11 is 0. The lowest BCUT2D eigenvalue weighted by molar-refractivity contribution is 0.448. The number of phenols is 2. The van der Waals surface area contributed by atoms with Gasteiger partial charge in [0.1, 0.15) is 11.5 Å². The maximum atomic E-state index is 9.70. The van der Waals surface area contributed by atoms with E-state index in [4.69, 9.17) is 0 Å². The lowest BCUT2D eigenvalue weighted by Crippen LogP contribution is -1.97. The van der Waals surface area contributed by atoms with Crippen molar-refractivity contribution >= 4 is 5.71 Å². The SMILES string of the molecule is C=C(C)/C(=C\C)N=C(C)c1c(O)cccc1O. The van der Waals surface area contributed by atoms with Crippen LogP contribution in [0.3, 0.4) is 0 Å². The van der Waals surface area contributed by atoms with E-state index in [0.29, 0.717) is 11.3 Å². The summed E-state index contributed by atoms with van der Waals surface area (Å²) in [5.41, 5.74) is 2.48. The van der Waals surface area contributed by atoms with Gasteiger partial charge >= 0.3 is 0 Å². The van der Waals surface area contributed by atoms with E-state index in [2.05, 4.69) is 11.6 Å². The Kier molecular flexibility index (Phi) is 4.10. The first-order chi connectivity index (χ1) is 7.97. The smallest absolute Gasteiger partial charge is 0.128 e. The number of aromatic hydroxyl groups is 2. The van der Waals surface area contributed by atoms with E-state index >= 15 is 0 Å². The molecule has 3 heteroatoms. The molecule has 1 rings (SSSR count). The van der Waals surface area contributed by atoms with Crippen molar-refractivity contribution in [2.75, 3.05) is 0 Å². The van der Waals surface area contributed by atoms with Gasteiger partial charge < -0.3 is 10.2 Å². The van der Waals surface area contributed by atoms with Gasteiger partial charge in [-0.15, -0.1) is 0 Å². The predicted octanol–water partition coefficient (Wildman–Crippen LogP) is 3.39. The van der Waals surface area contributed by atoms with Crippen molar-refractivity contribution in [1.29, 1.82) is 0 Å². The molecular formula is C14H17NO2.